The van der Waals surface area contributed by atoms with E-state index in [1.165, 1.54) is 5.56 Å². The van der Waals surface area contributed by atoms with E-state index >= 15 is 0 Å². The van der Waals surface area contributed by atoms with E-state index in [0.29, 0.717) is 11.5 Å². The van der Waals surface area contributed by atoms with Crippen molar-refractivity contribution in [2.75, 3.05) is 36.9 Å². The molecule has 0 bridgehead atoms. The van der Waals surface area contributed by atoms with Gasteiger partial charge in [0.1, 0.15) is 0 Å². The van der Waals surface area contributed by atoms with Gasteiger partial charge in [-0.2, -0.15) is 0 Å². The number of nitrogens with zero attached hydrogens (tertiary/aromatic N) is 3. The Balaban J connectivity index is 1.26. The van der Waals surface area contributed by atoms with Crippen LogP contribution in [0.25, 0.3) is 10.9 Å². The molecule has 35 heavy (non-hydrogen) atoms. The van der Waals surface area contributed by atoms with Gasteiger partial charge >= 0.3 is 0 Å². The highest BCUT2D eigenvalue weighted by Crippen LogP contribution is 2.22. The molecule has 7 nitrogen and oxygen atoms in total. The molecule has 1 aliphatic rings. The summed E-state index contributed by atoms with van der Waals surface area (Å²) in [4.78, 5) is 24.5. The third kappa shape index (κ3) is 5.48. The Morgan fingerprint density at radius 2 is 1.74 bits per heavy atom. The van der Waals surface area contributed by atoms with E-state index in [1.807, 2.05) is 50.2 Å². The Morgan fingerprint density at radius 3 is 2.54 bits per heavy atom. The predicted molar refractivity (Wildman–Crippen MR) is 139 cm³/mol. The number of amides is 1. The molecule has 0 radical (unpaired) electrons. The van der Waals surface area contributed by atoms with Gasteiger partial charge in [0, 0.05) is 42.0 Å². The number of carbonyl (C=O) groups is 1. The Bertz CT molecular complexity index is 1350. The molecule has 2 heterocycles. The molecule has 1 amide bonds. The number of rotatable bonds is 6. The standard InChI is InChI=1S/C28H29N5O2/c1-19-7-8-21(18-33-13-15-35-16-14-33)17-26(19)31-27(34)22-9-11-23(12-10-22)30-28-29-20(2)24-5-3-4-6-25(24)32-28/h3-12,17H,13-16,18H2,1-2H3,(H,31,34)(H,29,30,32). The zero-order valence-corrected chi connectivity index (χ0v) is 20.0. The van der Waals surface area contributed by atoms with Crippen LogP contribution in [-0.2, 0) is 11.3 Å². The second-order valence-corrected chi connectivity index (χ2v) is 8.84. The Morgan fingerprint density at radius 1 is 0.971 bits per heavy atom. The number of para-hydroxylation sites is 1. The number of benzene rings is 3. The molecule has 1 aromatic heterocycles. The maximum atomic E-state index is 12.9. The van der Waals surface area contributed by atoms with Crippen LogP contribution >= 0.6 is 0 Å². The predicted octanol–water partition coefficient (Wildman–Crippen LogP) is 5.07. The molecule has 0 aliphatic carbocycles. The zero-order valence-electron chi connectivity index (χ0n) is 20.0. The molecule has 3 aromatic carbocycles. The van der Waals surface area contributed by atoms with E-state index < -0.39 is 0 Å². The molecule has 0 spiro atoms. The molecule has 4 aromatic rings. The van der Waals surface area contributed by atoms with Gasteiger partial charge in [0.2, 0.25) is 5.95 Å². The minimum atomic E-state index is -0.138. The molecule has 178 valence electrons. The average Bonchev–Trinajstić information content (AvgIpc) is 2.87. The summed E-state index contributed by atoms with van der Waals surface area (Å²) in [6.45, 7) is 8.23. The third-order valence-electron chi connectivity index (χ3n) is 6.26. The van der Waals surface area contributed by atoms with Crippen molar-refractivity contribution in [3.63, 3.8) is 0 Å². The quantitative estimate of drug-likeness (QED) is 0.412. The maximum absolute atomic E-state index is 12.9. The largest absolute Gasteiger partial charge is 0.379 e. The molecule has 0 atom stereocenters. The lowest BCUT2D eigenvalue weighted by molar-refractivity contribution is 0.0342. The third-order valence-corrected chi connectivity index (χ3v) is 6.26. The number of morpholine rings is 1. The van der Waals surface area contributed by atoms with Gasteiger partial charge in [-0.25, -0.2) is 9.97 Å². The fraction of sp³-hybridized carbons (Fsp3) is 0.250. The first kappa shape index (κ1) is 23.0. The van der Waals surface area contributed by atoms with Crippen molar-refractivity contribution < 1.29 is 9.53 Å². The van der Waals surface area contributed by atoms with Crippen molar-refractivity contribution in [1.82, 2.24) is 14.9 Å². The van der Waals surface area contributed by atoms with Crippen molar-refractivity contribution in [3.05, 3.63) is 89.1 Å². The first-order valence-electron chi connectivity index (χ1n) is 11.9. The van der Waals surface area contributed by atoms with E-state index in [-0.39, 0.29) is 5.91 Å². The summed E-state index contributed by atoms with van der Waals surface area (Å²) in [5, 5.41) is 7.35. The molecule has 0 unspecified atom stereocenters. The van der Waals surface area contributed by atoms with Gasteiger partial charge in [-0.15, -0.1) is 0 Å². The number of nitrogens with one attached hydrogen (secondary N) is 2. The fourth-order valence-electron chi connectivity index (χ4n) is 4.24. The van der Waals surface area contributed by atoms with Crippen LogP contribution in [-0.4, -0.2) is 47.1 Å². The lowest BCUT2D eigenvalue weighted by atomic mass is 10.1. The molecular formula is C28H29N5O2. The van der Waals surface area contributed by atoms with Gasteiger partial charge in [0.15, 0.2) is 0 Å². The summed E-state index contributed by atoms with van der Waals surface area (Å²) in [6.07, 6.45) is 0. The van der Waals surface area contributed by atoms with Gasteiger partial charge in [0.05, 0.1) is 24.4 Å². The number of hydrogen-bond donors (Lipinski definition) is 2. The number of anilines is 3. The number of aryl methyl sites for hydroxylation is 2. The summed E-state index contributed by atoms with van der Waals surface area (Å²) in [5.41, 5.74) is 6.27. The van der Waals surface area contributed by atoms with Gasteiger partial charge in [-0.3, -0.25) is 9.69 Å². The summed E-state index contributed by atoms with van der Waals surface area (Å²) < 4.78 is 5.44. The van der Waals surface area contributed by atoms with Crippen LogP contribution in [0, 0.1) is 13.8 Å². The van der Waals surface area contributed by atoms with Crippen molar-refractivity contribution in [1.29, 1.82) is 0 Å². The van der Waals surface area contributed by atoms with Crippen LogP contribution in [0.15, 0.2) is 66.7 Å². The van der Waals surface area contributed by atoms with Crippen molar-refractivity contribution in [2.45, 2.75) is 20.4 Å². The Hall–Kier alpha value is -3.81. The summed E-state index contributed by atoms with van der Waals surface area (Å²) in [5.74, 6) is 0.395. The molecule has 5 rings (SSSR count). The highest BCUT2D eigenvalue weighted by molar-refractivity contribution is 6.04. The maximum Gasteiger partial charge on any atom is 0.255 e. The van der Waals surface area contributed by atoms with Gasteiger partial charge in [-0.05, 0) is 61.4 Å². The van der Waals surface area contributed by atoms with Crippen LogP contribution in [0.3, 0.4) is 0 Å². The number of carbonyl (C=O) groups excluding carboxylic acids is 1. The molecule has 7 heteroatoms. The normalized spacial score (nSPS) is 14.1. The molecule has 0 saturated carbocycles. The fourth-order valence-corrected chi connectivity index (χ4v) is 4.24. The van der Waals surface area contributed by atoms with Crippen molar-refractivity contribution >= 4 is 34.1 Å². The second kappa shape index (κ2) is 10.2. The molecule has 1 fully saturated rings. The topological polar surface area (TPSA) is 79.4 Å². The number of ether oxygens (including phenoxy) is 1. The lowest BCUT2D eigenvalue weighted by Crippen LogP contribution is -2.35. The SMILES string of the molecule is Cc1ccc(CN2CCOCC2)cc1NC(=O)c1ccc(Nc2nc(C)c3ccccc3n2)cc1. The highest BCUT2D eigenvalue weighted by Gasteiger charge is 2.13. The second-order valence-electron chi connectivity index (χ2n) is 8.84. The molecule has 2 N–H and O–H groups in total. The number of aromatic nitrogens is 2. The first-order valence-corrected chi connectivity index (χ1v) is 11.9. The monoisotopic (exact) mass is 467 g/mol. The average molecular weight is 468 g/mol. The Labute approximate surface area is 205 Å². The molecule has 1 saturated heterocycles. The van der Waals surface area contributed by atoms with Gasteiger partial charge < -0.3 is 15.4 Å². The minimum absolute atomic E-state index is 0.138. The summed E-state index contributed by atoms with van der Waals surface area (Å²) in [6, 6.07) is 21.5. The van der Waals surface area contributed by atoms with E-state index in [4.69, 9.17) is 4.74 Å². The first-order chi connectivity index (χ1) is 17.0. The van der Waals surface area contributed by atoms with E-state index in [0.717, 1.165) is 66.4 Å². The summed E-state index contributed by atoms with van der Waals surface area (Å²) >= 11 is 0. The number of fused-ring (bicyclic) bond motifs is 1. The van der Waals surface area contributed by atoms with E-state index in [1.54, 1.807) is 12.1 Å². The van der Waals surface area contributed by atoms with Gasteiger partial charge in [-0.1, -0.05) is 30.3 Å². The Kier molecular flexibility index (Phi) is 6.70. The smallest absolute Gasteiger partial charge is 0.255 e. The molecule has 1 aliphatic heterocycles. The minimum Gasteiger partial charge on any atom is -0.379 e. The van der Waals surface area contributed by atoms with E-state index in [9.17, 15) is 4.79 Å². The van der Waals surface area contributed by atoms with E-state index in [2.05, 4.69) is 43.7 Å². The van der Waals surface area contributed by atoms with Crippen LogP contribution in [0.4, 0.5) is 17.3 Å². The summed E-state index contributed by atoms with van der Waals surface area (Å²) in [7, 11) is 0. The highest BCUT2D eigenvalue weighted by atomic mass is 16.5. The van der Waals surface area contributed by atoms with Crippen LogP contribution in [0.5, 0.6) is 0 Å². The lowest BCUT2D eigenvalue weighted by Gasteiger charge is -2.26. The van der Waals surface area contributed by atoms with Crippen molar-refractivity contribution in [3.8, 4) is 0 Å². The van der Waals surface area contributed by atoms with Crippen LogP contribution < -0.4 is 10.6 Å². The van der Waals surface area contributed by atoms with Crippen LogP contribution in [0.1, 0.15) is 27.2 Å². The molecular weight excluding hydrogens is 438 g/mol. The van der Waals surface area contributed by atoms with Crippen LogP contribution in [0.2, 0.25) is 0 Å². The number of hydrogen-bond acceptors (Lipinski definition) is 6. The zero-order chi connectivity index (χ0) is 24.2. The van der Waals surface area contributed by atoms with Gasteiger partial charge in [0.25, 0.3) is 5.91 Å². The van der Waals surface area contributed by atoms with Crippen molar-refractivity contribution in [2.24, 2.45) is 0 Å².